The number of carboxylic acid groups (broad SMARTS) is 1. The van der Waals surface area contributed by atoms with Gasteiger partial charge in [0.15, 0.2) is 11.5 Å². The molecule has 1 aliphatic carbocycles. The third kappa shape index (κ3) is 8.48. The van der Waals surface area contributed by atoms with E-state index < -0.39 is 12.1 Å². The van der Waals surface area contributed by atoms with Gasteiger partial charge in [0.05, 0.1) is 26.2 Å². The van der Waals surface area contributed by atoms with Crippen LogP contribution in [0.25, 0.3) is 10.9 Å². The smallest absolute Gasteiger partial charge is 0.490 e. The summed E-state index contributed by atoms with van der Waals surface area (Å²) < 4.78 is 43.2. The summed E-state index contributed by atoms with van der Waals surface area (Å²) in [5.41, 5.74) is 3.12. The molecule has 8 nitrogen and oxygen atoms in total. The Hall–Kier alpha value is -3.54. The van der Waals surface area contributed by atoms with E-state index in [0.29, 0.717) is 24.0 Å². The van der Waals surface area contributed by atoms with E-state index in [9.17, 15) is 18.0 Å². The lowest BCUT2D eigenvalue weighted by Gasteiger charge is -2.30. The zero-order chi connectivity index (χ0) is 29.4. The first kappa shape index (κ1) is 31.0. The van der Waals surface area contributed by atoms with Crippen LogP contribution in [0, 0.1) is 6.92 Å². The topological polar surface area (TPSA) is 110 Å². The number of carbonyl (C=O) groups excluding carboxylic acids is 1. The lowest BCUT2D eigenvalue weighted by molar-refractivity contribution is -0.192. The number of para-hydroxylation sites is 1. The Morgan fingerprint density at radius 1 is 1.02 bits per heavy atom. The Morgan fingerprint density at radius 3 is 2.20 bits per heavy atom. The van der Waals surface area contributed by atoms with E-state index in [-0.39, 0.29) is 11.9 Å². The van der Waals surface area contributed by atoms with Crippen molar-refractivity contribution in [1.29, 1.82) is 0 Å². The molecule has 12 heteroatoms. The van der Waals surface area contributed by atoms with Crippen LogP contribution in [0.4, 0.5) is 19.0 Å². The van der Waals surface area contributed by atoms with Gasteiger partial charge in [-0.1, -0.05) is 34.1 Å². The number of carbonyl (C=O) groups is 2. The number of nitrogens with zero attached hydrogens (tertiary/aromatic N) is 1. The molecule has 3 N–H and O–H groups in total. The lowest BCUT2D eigenvalue weighted by Crippen LogP contribution is -2.40. The number of aryl methyl sites for hydroxylation is 1. The molecular formula is C28H31BrF3N3O5. The van der Waals surface area contributed by atoms with Crippen LogP contribution in [0.3, 0.4) is 0 Å². The van der Waals surface area contributed by atoms with Crippen molar-refractivity contribution in [3.63, 3.8) is 0 Å². The van der Waals surface area contributed by atoms with Gasteiger partial charge in [-0.25, -0.2) is 9.78 Å². The molecule has 0 aliphatic heterocycles. The zero-order valence-electron chi connectivity index (χ0n) is 22.3. The van der Waals surface area contributed by atoms with Gasteiger partial charge in [0.25, 0.3) is 0 Å². The standard InChI is InChI=1S/C26H30BrN3O3.C2HF3O2/c1-16-12-25(30-22-7-5-4-6-20(16)22)28-18-8-10-19(11-9-18)29-26(31)14-17-13-23(32-2)24(33-3)15-21(17)27;3-2(4,5)1(6)7/h4-7,12-13,15,18-19H,8-11,14H2,1-3H3,(H,28,30)(H,29,31);(H,6,7). The third-order valence-electron chi connectivity index (χ3n) is 6.51. The number of fused-ring (bicyclic) bond motifs is 1. The molecule has 216 valence electrons. The van der Waals surface area contributed by atoms with Crippen LogP contribution in [-0.4, -0.2) is 54.4 Å². The molecule has 1 aliphatic rings. The number of halogens is 4. The first-order chi connectivity index (χ1) is 18.9. The van der Waals surface area contributed by atoms with Crippen LogP contribution in [-0.2, 0) is 16.0 Å². The number of aromatic nitrogens is 1. The number of amides is 1. The van der Waals surface area contributed by atoms with Crippen molar-refractivity contribution >= 4 is 44.5 Å². The summed E-state index contributed by atoms with van der Waals surface area (Å²) in [6, 6.07) is 14.6. The van der Waals surface area contributed by atoms with E-state index in [1.165, 1.54) is 10.9 Å². The van der Waals surface area contributed by atoms with E-state index in [2.05, 4.69) is 51.7 Å². The summed E-state index contributed by atoms with van der Waals surface area (Å²) in [4.78, 5) is 26.4. The number of hydrogen-bond acceptors (Lipinski definition) is 6. The summed E-state index contributed by atoms with van der Waals surface area (Å²) in [6.45, 7) is 2.12. The van der Waals surface area contributed by atoms with Crippen molar-refractivity contribution in [3.8, 4) is 11.5 Å². The highest BCUT2D eigenvalue weighted by atomic mass is 79.9. The zero-order valence-corrected chi connectivity index (χ0v) is 23.9. The first-order valence-electron chi connectivity index (χ1n) is 12.5. The Balaban J connectivity index is 0.000000559. The van der Waals surface area contributed by atoms with Crippen LogP contribution in [0.5, 0.6) is 11.5 Å². The summed E-state index contributed by atoms with van der Waals surface area (Å²) >= 11 is 3.53. The fourth-order valence-electron chi connectivity index (χ4n) is 4.50. The van der Waals surface area contributed by atoms with Gasteiger partial charge >= 0.3 is 12.1 Å². The van der Waals surface area contributed by atoms with Crippen molar-refractivity contribution < 1.29 is 37.3 Å². The number of pyridine rings is 1. The lowest BCUT2D eigenvalue weighted by atomic mass is 9.91. The van der Waals surface area contributed by atoms with E-state index in [1.807, 2.05) is 24.3 Å². The highest BCUT2D eigenvalue weighted by Crippen LogP contribution is 2.33. The fourth-order valence-corrected chi connectivity index (χ4v) is 4.96. The Labute approximate surface area is 238 Å². The minimum Gasteiger partial charge on any atom is -0.493 e. The van der Waals surface area contributed by atoms with Gasteiger partial charge in [-0.15, -0.1) is 0 Å². The number of alkyl halides is 3. The fraction of sp³-hybridized carbons (Fsp3) is 0.393. The molecule has 0 unspecified atom stereocenters. The highest BCUT2D eigenvalue weighted by molar-refractivity contribution is 9.10. The van der Waals surface area contributed by atoms with Crippen LogP contribution in [0.2, 0.25) is 0 Å². The predicted octanol–water partition coefficient (Wildman–Crippen LogP) is 6.04. The maximum atomic E-state index is 12.7. The summed E-state index contributed by atoms with van der Waals surface area (Å²) in [5.74, 6) is -0.557. The molecular weight excluding hydrogens is 595 g/mol. The average molecular weight is 626 g/mol. The number of ether oxygens (including phenoxy) is 2. The Bertz CT molecular complexity index is 1340. The summed E-state index contributed by atoms with van der Waals surface area (Å²) in [7, 11) is 3.19. The van der Waals surface area contributed by atoms with Gasteiger partial charge in [0.2, 0.25) is 5.91 Å². The maximum absolute atomic E-state index is 12.7. The summed E-state index contributed by atoms with van der Waals surface area (Å²) in [6.07, 6.45) is -0.900. The number of rotatable bonds is 7. The van der Waals surface area contributed by atoms with Crippen molar-refractivity contribution in [1.82, 2.24) is 10.3 Å². The minimum absolute atomic E-state index is 0.0196. The van der Waals surface area contributed by atoms with E-state index in [1.54, 1.807) is 14.2 Å². The second-order valence-corrected chi connectivity index (χ2v) is 10.2. The van der Waals surface area contributed by atoms with Crippen LogP contribution >= 0.6 is 15.9 Å². The molecule has 0 saturated heterocycles. The van der Waals surface area contributed by atoms with Crippen molar-refractivity contribution in [2.24, 2.45) is 0 Å². The molecule has 3 aromatic rings. The molecule has 4 rings (SSSR count). The molecule has 1 fully saturated rings. The molecule has 1 amide bonds. The van der Waals surface area contributed by atoms with Crippen molar-refractivity contribution in [2.75, 3.05) is 19.5 Å². The number of benzene rings is 2. The molecule has 0 radical (unpaired) electrons. The summed E-state index contributed by atoms with van der Waals surface area (Å²) in [5, 5.41) is 15.1. The van der Waals surface area contributed by atoms with Crippen LogP contribution in [0.1, 0.15) is 36.8 Å². The molecule has 0 bridgehead atoms. The molecule has 0 atom stereocenters. The average Bonchev–Trinajstić information content (AvgIpc) is 2.90. The van der Waals surface area contributed by atoms with Gasteiger partial charge < -0.3 is 25.2 Å². The normalized spacial score (nSPS) is 16.9. The SMILES string of the molecule is COc1cc(Br)c(CC(=O)NC2CCC(Nc3cc(C)c4ccccc4n3)CC2)cc1OC.O=C(O)C(F)(F)F. The molecule has 1 aromatic heterocycles. The number of anilines is 1. The minimum atomic E-state index is -5.08. The second-order valence-electron chi connectivity index (χ2n) is 9.38. The largest absolute Gasteiger partial charge is 0.493 e. The first-order valence-corrected chi connectivity index (χ1v) is 13.3. The molecule has 0 spiro atoms. The molecule has 1 heterocycles. The Morgan fingerprint density at radius 2 is 1.60 bits per heavy atom. The van der Waals surface area contributed by atoms with Crippen LogP contribution < -0.4 is 20.1 Å². The number of nitrogens with one attached hydrogen (secondary N) is 2. The third-order valence-corrected chi connectivity index (χ3v) is 7.25. The predicted molar refractivity (Wildman–Crippen MR) is 149 cm³/mol. The van der Waals surface area contributed by atoms with Crippen molar-refractivity contribution in [2.45, 2.75) is 57.3 Å². The maximum Gasteiger partial charge on any atom is 0.490 e. The van der Waals surface area contributed by atoms with Crippen molar-refractivity contribution in [3.05, 3.63) is 58.1 Å². The van der Waals surface area contributed by atoms with Gasteiger partial charge in [-0.2, -0.15) is 13.2 Å². The quantitative estimate of drug-likeness (QED) is 0.294. The number of carboxylic acids is 1. The van der Waals surface area contributed by atoms with E-state index in [0.717, 1.165) is 47.1 Å². The monoisotopic (exact) mass is 625 g/mol. The van der Waals surface area contributed by atoms with E-state index in [4.69, 9.17) is 24.4 Å². The number of methoxy groups -OCH3 is 2. The van der Waals surface area contributed by atoms with Gasteiger partial charge in [0.1, 0.15) is 5.82 Å². The number of hydrogen-bond donors (Lipinski definition) is 3. The second kappa shape index (κ2) is 13.7. The number of aliphatic carboxylic acids is 1. The molecule has 1 saturated carbocycles. The van der Waals surface area contributed by atoms with E-state index >= 15 is 0 Å². The Kier molecular flexibility index (Phi) is 10.6. The highest BCUT2D eigenvalue weighted by Gasteiger charge is 2.38. The molecule has 2 aromatic carbocycles. The molecule has 40 heavy (non-hydrogen) atoms. The van der Waals surface area contributed by atoms with Gasteiger partial charge in [-0.3, -0.25) is 4.79 Å². The van der Waals surface area contributed by atoms with Gasteiger partial charge in [0, 0.05) is 21.9 Å². The van der Waals surface area contributed by atoms with Gasteiger partial charge in [-0.05, 0) is 68.0 Å². The van der Waals surface area contributed by atoms with Crippen LogP contribution in [0.15, 0.2) is 46.9 Å².